The van der Waals surface area contributed by atoms with Crippen molar-refractivity contribution in [3.05, 3.63) is 48.0 Å². The minimum Gasteiger partial charge on any atom is -0.396 e. The predicted molar refractivity (Wildman–Crippen MR) is 69.9 cm³/mol. The fraction of sp³-hybridized carbons (Fsp3) is 0.357. The minimum absolute atomic E-state index is 0.0259. The van der Waals surface area contributed by atoms with Gasteiger partial charge in [-0.25, -0.2) is 4.79 Å². The molecule has 1 aromatic carbocycles. The van der Waals surface area contributed by atoms with Gasteiger partial charge in [-0.05, 0) is 12.0 Å². The number of urea groups is 1. The van der Waals surface area contributed by atoms with Crippen LogP contribution in [0.1, 0.15) is 12.0 Å². The summed E-state index contributed by atoms with van der Waals surface area (Å²) >= 11 is 0. The second-order valence-corrected chi connectivity index (χ2v) is 4.48. The number of nitrogens with one attached hydrogen (secondary N) is 2. The molecule has 18 heavy (non-hydrogen) atoms. The first kappa shape index (κ1) is 12.6. The highest BCUT2D eigenvalue weighted by molar-refractivity contribution is 5.74. The van der Waals surface area contributed by atoms with Gasteiger partial charge in [-0.2, -0.15) is 0 Å². The first-order valence-electron chi connectivity index (χ1n) is 6.15. The van der Waals surface area contributed by atoms with Gasteiger partial charge < -0.3 is 15.7 Å². The SMILES string of the molecule is O=C(NCc1ccccc1)N[C@H]1C=C[C@@H](CO)C1. The summed E-state index contributed by atoms with van der Waals surface area (Å²) in [6.07, 6.45) is 4.65. The van der Waals surface area contributed by atoms with Gasteiger partial charge in [0.2, 0.25) is 0 Å². The van der Waals surface area contributed by atoms with Gasteiger partial charge in [0.1, 0.15) is 0 Å². The van der Waals surface area contributed by atoms with Crippen molar-refractivity contribution >= 4 is 6.03 Å². The van der Waals surface area contributed by atoms with Crippen LogP contribution in [0.2, 0.25) is 0 Å². The van der Waals surface area contributed by atoms with Crippen LogP contribution in [0.4, 0.5) is 4.79 Å². The summed E-state index contributed by atoms with van der Waals surface area (Å²) < 4.78 is 0. The molecule has 0 bridgehead atoms. The third kappa shape index (κ3) is 3.60. The summed E-state index contributed by atoms with van der Waals surface area (Å²) in [6.45, 7) is 0.660. The summed E-state index contributed by atoms with van der Waals surface area (Å²) in [4.78, 5) is 11.6. The standard InChI is InChI=1S/C14H18N2O2/c17-10-12-6-7-13(8-12)16-14(18)15-9-11-4-2-1-3-5-11/h1-7,12-13,17H,8-10H2,(H2,15,16,18)/t12-,13+/m1/s1. The van der Waals surface area contributed by atoms with E-state index in [1.54, 1.807) is 0 Å². The highest BCUT2D eigenvalue weighted by atomic mass is 16.3. The fourth-order valence-electron chi connectivity index (χ4n) is 2.01. The largest absolute Gasteiger partial charge is 0.396 e. The number of aliphatic hydroxyl groups excluding tert-OH is 1. The van der Waals surface area contributed by atoms with Crippen LogP contribution >= 0.6 is 0 Å². The zero-order valence-electron chi connectivity index (χ0n) is 10.2. The normalized spacial score (nSPS) is 21.8. The van der Waals surface area contributed by atoms with E-state index in [4.69, 9.17) is 5.11 Å². The molecule has 0 heterocycles. The van der Waals surface area contributed by atoms with Gasteiger partial charge in [0.25, 0.3) is 0 Å². The lowest BCUT2D eigenvalue weighted by Gasteiger charge is -2.13. The van der Waals surface area contributed by atoms with E-state index in [9.17, 15) is 4.79 Å². The molecule has 0 radical (unpaired) electrons. The van der Waals surface area contributed by atoms with Crippen molar-refractivity contribution in [2.24, 2.45) is 5.92 Å². The minimum atomic E-state index is -0.174. The fourth-order valence-corrected chi connectivity index (χ4v) is 2.01. The molecule has 2 rings (SSSR count). The smallest absolute Gasteiger partial charge is 0.315 e. The Balaban J connectivity index is 1.72. The molecule has 0 saturated carbocycles. The molecule has 1 aromatic rings. The van der Waals surface area contributed by atoms with Crippen LogP contribution in [0.3, 0.4) is 0 Å². The Kier molecular flexibility index (Phi) is 4.36. The molecular weight excluding hydrogens is 228 g/mol. The van der Waals surface area contributed by atoms with Gasteiger partial charge >= 0.3 is 6.03 Å². The predicted octanol–water partition coefficient (Wildman–Crippen LogP) is 1.42. The third-order valence-electron chi connectivity index (χ3n) is 3.02. The first-order chi connectivity index (χ1) is 8.78. The second-order valence-electron chi connectivity index (χ2n) is 4.48. The van der Waals surface area contributed by atoms with Crippen LogP contribution in [0.5, 0.6) is 0 Å². The molecular formula is C14H18N2O2. The van der Waals surface area contributed by atoms with Crippen LogP contribution in [0.25, 0.3) is 0 Å². The van der Waals surface area contributed by atoms with Crippen molar-refractivity contribution in [3.8, 4) is 0 Å². The van der Waals surface area contributed by atoms with Crippen molar-refractivity contribution in [1.29, 1.82) is 0 Å². The van der Waals surface area contributed by atoms with Crippen molar-refractivity contribution in [2.45, 2.75) is 19.0 Å². The van der Waals surface area contributed by atoms with E-state index < -0.39 is 0 Å². The van der Waals surface area contributed by atoms with Gasteiger partial charge in [-0.3, -0.25) is 0 Å². The number of carbonyl (C=O) groups is 1. The average molecular weight is 246 g/mol. The lowest BCUT2D eigenvalue weighted by molar-refractivity contribution is 0.231. The molecule has 0 fully saturated rings. The van der Waals surface area contributed by atoms with Crippen molar-refractivity contribution in [3.63, 3.8) is 0 Å². The molecule has 4 nitrogen and oxygen atoms in total. The van der Waals surface area contributed by atoms with E-state index >= 15 is 0 Å². The topological polar surface area (TPSA) is 61.4 Å². The number of carbonyl (C=O) groups excluding carboxylic acids is 1. The van der Waals surface area contributed by atoms with E-state index in [0.29, 0.717) is 6.54 Å². The molecule has 1 aliphatic carbocycles. The van der Waals surface area contributed by atoms with Crippen molar-refractivity contribution in [1.82, 2.24) is 10.6 Å². The summed E-state index contributed by atoms with van der Waals surface area (Å²) in [5.74, 6) is 0.171. The highest BCUT2D eigenvalue weighted by Crippen LogP contribution is 2.16. The number of aliphatic hydroxyl groups is 1. The summed E-state index contributed by atoms with van der Waals surface area (Å²) in [7, 11) is 0. The van der Waals surface area contributed by atoms with Gasteiger partial charge in [-0.1, -0.05) is 42.5 Å². The summed E-state index contributed by atoms with van der Waals surface area (Å²) in [5.41, 5.74) is 1.07. The highest BCUT2D eigenvalue weighted by Gasteiger charge is 2.19. The lowest BCUT2D eigenvalue weighted by Crippen LogP contribution is -2.40. The van der Waals surface area contributed by atoms with Crippen LogP contribution in [-0.2, 0) is 6.54 Å². The van der Waals surface area contributed by atoms with Crippen LogP contribution in [0.15, 0.2) is 42.5 Å². The molecule has 2 amide bonds. The lowest BCUT2D eigenvalue weighted by atomic mass is 10.1. The van der Waals surface area contributed by atoms with Gasteiger partial charge in [0.05, 0.1) is 0 Å². The Labute approximate surface area is 107 Å². The Hall–Kier alpha value is -1.81. The molecule has 0 aliphatic heterocycles. The Morgan fingerprint density at radius 1 is 1.28 bits per heavy atom. The zero-order chi connectivity index (χ0) is 12.8. The van der Waals surface area contributed by atoms with Gasteiger partial charge in [-0.15, -0.1) is 0 Å². The second kappa shape index (κ2) is 6.21. The molecule has 0 spiro atoms. The van der Waals surface area contributed by atoms with E-state index in [1.165, 1.54) is 0 Å². The first-order valence-corrected chi connectivity index (χ1v) is 6.15. The van der Waals surface area contributed by atoms with Crippen LogP contribution in [-0.4, -0.2) is 23.8 Å². The van der Waals surface area contributed by atoms with Gasteiger partial charge in [0, 0.05) is 25.1 Å². The molecule has 2 atom stereocenters. The number of rotatable bonds is 4. The Morgan fingerprint density at radius 2 is 2.06 bits per heavy atom. The maximum Gasteiger partial charge on any atom is 0.315 e. The number of hydrogen-bond donors (Lipinski definition) is 3. The molecule has 0 saturated heterocycles. The summed E-state index contributed by atoms with van der Waals surface area (Å²) in [5, 5.41) is 14.7. The van der Waals surface area contributed by atoms with E-state index in [0.717, 1.165) is 12.0 Å². The van der Waals surface area contributed by atoms with Crippen molar-refractivity contribution < 1.29 is 9.90 Å². The number of benzene rings is 1. The Bertz CT molecular complexity index is 417. The van der Waals surface area contributed by atoms with E-state index in [2.05, 4.69) is 10.6 Å². The number of hydrogen-bond acceptors (Lipinski definition) is 2. The third-order valence-corrected chi connectivity index (χ3v) is 3.02. The zero-order valence-corrected chi connectivity index (χ0v) is 10.2. The molecule has 4 heteroatoms. The average Bonchev–Trinajstić information content (AvgIpc) is 2.85. The molecule has 0 unspecified atom stereocenters. The quantitative estimate of drug-likeness (QED) is 0.704. The van der Waals surface area contributed by atoms with Crippen LogP contribution < -0.4 is 10.6 Å². The van der Waals surface area contributed by atoms with Crippen molar-refractivity contribution in [2.75, 3.05) is 6.61 Å². The molecule has 1 aliphatic rings. The molecule has 3 N–H and O–H groups in total. The Morgan fingerprint density at radius 3 is 2.72 bits per heavy atom. The van der Waals surface area contributed by atoms with E-state index in [1.807, 2.05) is 42.5 Å². The maximum absolute atomic E-state index is 11.6. The summed E-state index contributed by atoms with van der Waals surface area (Å²) in [6, 6.07) is 9.63. The van der Waals surface area contributed by atoms with Crippen LogP contribution in [0, 0.1) is 5.92 Å². The molecule has 96 valence electrons. The monoisotopic (exact) mass is 246 g/mol. The maximum atomic E-state index is 11.6. The van der Waals surface area contributed by atoms with E-state index in [-0.39, 0.29) is 24.6 Å². The number of amides is 2. The molecule has 0 aromatic heterocycles. The van der Waals surface area contributed by atoms with Gasteiger partial charge in [0.15, 0.2) is 0 Å².